The Balaban J connectivity index is 1.71. The molecule has 0 unspecified atom stereocenters. The van der Waals surface area contributed by atoms with Crippen molar-refractivity contribution in [2.24, 2.45) is 5.10 Å². The maximum Gasteiger partial charge on any atom is 0.271 e. The van der Waals surface area contributed by atoms with Gasteiger partial charge in [0, 0.05) is 52.9 Å². The molecule has 0 aliphatic rings. The fourth-order valence-corrected chi connectivity index (χ4v) is 3.17. The lowest BCUT2D eigenvalue weighted by Crippen LogP contribution is -2.17. The summed E-state index contributed by atoms with van der Waals surface area (Å²) in [5, 5.41) is 17.5. The van der Waals surface area contributed by atoms with Crippen LogP contribution < -0.4 is 10.7 Å². The van der Waals surface area contributed by atoms with Crippen LogP contribution in [-0.4, -0.2) is 27.5 Å². The molecule has 2 N–H and O–H groups in total. The first-order chi connectivity index (χ1) is 14.8. The van der Waals surface area contributed by atoms with E-state index in [1.807, 2.05) is 24.5 Å². The molecule has 1 aromatic heterocycles. The highest BCUT2D eigenvalue weighted by Gasteiger charge is 2.12. The molecule has 0 bridgehead atoms. The summed E-state index contributed by atoms with van der Waals surface area (Å²) < 4.78 is 1.95. The van der Waals surface area contributed by atoms with E-state index in [1.165, 1.54) is 19.1 Å². The number of nitro groups is 1. The molecule has 0 aliphatic heterocycles. The predicted octanol–water partition coefficient (Wildman–Crippen LogP) is 3.72. The largest absolute Gasteiger partial charge is 0.326 e. The van der Waals surface area contributed by atoms with Crippen LogP contribution in [0.5, 0.6) is 0 Å². The van der Waals surface area contributed by atoms with Crippen LogP contribution in [0.2, 0.25) is 0 Å². The lowest BCUT2D eigenvalue weighted by molar-refractivity contribution is -0.384. The lowest BCUT2D eigenvalue weighted by Gasteiger charge is -2.09. The summed E-state index contributed by atoms with van der Waals surface area (Å²) in [6.07, 6.45) is 1.55. The van der Waals surface area contributed by atoms with Crippen molar-refractivity contribution in [3.05, 3.63) is 87.2 Å². The van der Waals surface area contributed by atoms with Gasteiger partial charge in [0.15, 0.2) is 0 Å². The molecule has 0 aliphatic carbocycles. The van der Waals surface area contributed by atoms with Crippen molar-refractivity contribution >= 4 is 29.4 Å². The third kappa shape index (κ3) is 5.02. The molecule has 0 spiro atoms. The van der Waals surface area contributed by atoms with E-state index in [9.17, 15) is 19.7 Å². The second-order valence-corrected chi connectivity index (χ2v) is 6.89. The molecule has 3 rings (SSSR count). The second-order valence-electron chi connectivity index (χ2n) is 6.89. The Hall–Kier alpha value is -4.27. The maximum absolute atomic E-state index is 12.3. The molecule has 0 saturated carbocycles. The highest BCUT2D eigenvalue weighted by Crippen LogP contribution is 2.22. The van der Waals surface area contributed by atoms with Crippen molar-refractivity contribution in [2.45, 2.75) is 20.8 Å². The average molecular weight is 419 g/mol. The smallest absolute Gasteiger partial charge is 0.271 e. The number of amides is 2. The van der Waals surface area contributed by atoms with Gasteiger partial charge < -0.3 is 9.88 Å². The summed E-state index contributed by atoms with van der Waals surface area (Å²) in [7, 11) is 0. The summed E-state index contributed by atoms with van der Waals surface area (Å²) >= 11 is 0. The van der Waals surface area contributed by atoms with Gasteiger partial charge in [0.05, 0.1) is 11.1 Å². The van der Waals surface area contributed by atoms with Gasteiger partial charge in [0.1, 0.15) is 0 Å². The van der Waals surface area contributed by atoms with Crippen LogP contribution in [0.25, 0.3) is 5.69 Å². The van der Waals surface area contributed by atoms with Crippen LogP contribution in [0, 0.1) is 24.0 Å². The van der Waals surface area contributed by atoms with Crippen molar-refractivity contribution in [3.8, 4) is 5.69 Å². The fourth-order valence-electron chi connectivity index (χ4n) is 3.17. The number of hydrogen-bond acceptors (Lipinski definition) is 5. The molecule has 2 amide bonds. The first-order valence-corrected chi connectivity index (χ1v) is 9.41. The van der Waals surface area contributed by atoms with Gasteiger partial charge in [-0.05, 0) is 56.3 Å². The molecule has 0 fully saturated rings. The van der Waals surface area contributed by atoms with E-state index in [0.29, 0.717) is 11.3 Å². The van der Waals surface area contributed by atoms with Gasteiger partial charge in [-0.15, -0.1) is 0 Å². The summed E-state index contributed by atoms with van der Waals surface area (Å²) in [6.45, 7) is 5.23. The zero-order valence-electron chi connectivity index (χ0n) is 17.2. The summed E-state index contributed by atoms with van der Waals surface area (Å²) in [5.41, 5.74) is 6.92. The van der Waals surface area contributed by atoms with Crippen molar-refractivity contribution in [1.82, 2.24) is 9.99 Å². The van der Waals surface area contributed by atoms with E-state index in [1.54, 1.807) is 42.6 Å². The number of benzene rings is 2. The number of aryl methyl sites for hydroxylation is 1. The van der Waals surface area contributed by atoms with Gasteiger partial charge >= 0.3 is 0 Å². The third-order valence-electron chi connectivity index (χ3n) is 4.63. The quantitative estimate of drug-likeness (QED) is 0.359. The highest BCUT2D eigenvalue weighted by atomic mass is 16.6. The molecule has 31 heavy (non-hydrogen) atoms. The minimum Gasteiger partial charge on any atom is -0.326 e. The lowest BCUT2D eigenvalue weighted by atomic mass is 10.2. The Morgan fingerprint density at radius 3 is 2.29 bits per heavy atom. The number of rotatable bonds is 6. The van der Waals surface area contributed by atoms with Gasteiger partial charge in [-0.3, -0.25) is 19.7 Å². The zero-order valence-corrected chi connectivity index (χ0v) is 17.2. The Labute approximate surface area is 178 Å². The summed E-state index contributed by atoms with van der Waals surface area (Å²) in [6, 6.07) is 14.7. The van der Waals surface area contributed by atoms with Crippen LogP contribution in [0.4, 0.5) is 11.4 Å². The number of hydrazone groups is 1. The SMILES string of the molecule is CC(=O)Nc1ccc(C(=O)N/N=C\c2cc(C)n(-c3ccc([N+](=O)[O-])cc3)c2C)cc1. The van der Waals surface area contributed by atoms with Crippen molar-refractivity contribution in [1.29, 1.82) is 0 Å². The number of nitrogens with zero attached hydrogens (tertiary/aromatic N) is 3. The molecular weight excluding hydrogens is 398 g/mol. The molecule has 0 atom stereocenters. The van der Waals surface area contributed by atoms with E-state index in [-0.39, 0.29) is 17.5 Å². The molecule has 0 saturated heterocycles. The number of nitrogens with one attached hydrogen (secondary N) is 2. The van der Waals surface area contributed by atoms with Gasteiger partial charge in [0.25, 0.3) is 11.6 Å². The van der Waals surface area contributed by atoms with Crippen molar-refractivity contribution < 1.29 is 14.5 Å². The molecule has 3 aromatic rings. The number of nitro benzene ring substituents is 1. The highest BCUT2D eigenvalue weighted by molar-refractivity contribution is 5.96. The minimum absolute atomic E-state index is 0.0285. The van der Waals surface area contributed by atoms with Crippen LogP contribution in [0.3, 0.4) is 0 Å². The predicted molar refractivity (Wildman–Crippen MR) is 118 cm³/mol. The monoisotopic (exact) mass is 419 g/mol. The number of hydrogen-bond donors (Lipinski definition) is 2. The maximum atomic E-state index is 12.3. The van der Waals surface area contributed by atoms with Crippen LogP contribution >= 0.6 is 0 Å². The van der Waals surface area contributed by atoms with Crippen molar-refractivity contribution in [3.63, 3.8) is 0 Å². The third-order valence-corrected chi connectivity index (χ3v) is 4.63. The van der Waals surface area contributed by atoms with E-state index in [2.05, 4.69) is 15.8 Å². The Kier molecular flexibility index (Phi) is 6.25. The molecule has 9 nitrogen and oxygen atoms in total. The molecule has 1 heterocycles. The minimum atomic E-state index is -0.437. The average Bonchev–Trinajstić information content (AvgIpc) is 3.01. The summed E-state index contributed by atoms with van der Waals surface area (Å²) in [5.74, 6) is -0.567. The molecule has 9 heteroatoms. The van der Waals surface area contributed by atoms with Crippen LogP contribution in [-0.2, 0) is 4.79 Å². The van der Waals surface area contributed by atoms with Crippen LogP contribution in [0.1, 0.15) is 34.2 Å². The van der Waals surface area contributed by atoms with Gasteiger partial charge in [0.2, 0.25) is 5.91 Å². The number of aromatic nitrogens is 1. The van der Waals surface area contributed by atoms with E-state index < -0.39 is 4.92 Å². The molecule has 0 radical (unpaired) electrons. The normalized spacial score (nSPS) is 10.8. The molecular formula is C22H21N5O4. The van der Waals surface area contributed by atoms with E-state index >= 15 is 0 Å². The summed E-state index contributed by atoms with van der Waals surface area (Å²) in [4.78, 5) is 33.7. The Morgan fingerprint density at radius 2 is 1.71 bits per heavy atom. The second kappa shape index (κ2) is 9.04. The van der Waals surface area contributed by atoms with Crippen molar-refractivity contribution in [2.75, 3.05) is 5.32 Å². The number of anilines is 1. The van der Waals surface area contributed by atoms with Gasteiger partial charge in [-0.25, -0.2) is 5.43 Å². The van der Waals surface area contributed by atoms with Gasteiger partial charge in [-0.1, -0.05) is 0 Å². The Bertz CT molecular complexity index is 1160. The Morgan fingerprint density at radius 1 is 1.06 bits per heavy atom. The molecule has 2 aromatic carbocycles. The number of non-ortho nitro benzene ring substituents is 1. The van der Waals surface area contributed by atoms with E-state index in [4.69, 9.17) is 0 Å². The first-order valence-electron chi connectivity index (χ1n) is 9.41. The zero-order chi connectivity index (χ0) is 22.5. The fraction of sp³-hybridized carbons (Fsp3) is 0.136. The number of carbonyl (C=O) groups excluding carboxylic acids is 2. The molecule has 158 valence electrons. The topological polar surface area (TPSA) is 119 Å². The standard InChI is InChI=1S/C22H21N5O4/c1-14-12-18(15(2)26(14)20-8-10-21(11-9-20)27(30)31)13-23-25-22(29)17-4-6-19(7-5-17)24-16(3)28/h4-13H,1-3H3,(H,24,28)(H,25,29)/b23-13-. The first kappa shape index (κ1) is 21.4. The van der Waals surface area contributed by atoms with E-state index in [0.717, 1.165) is 22.6 Å². The number of carbonyl (C=O) groups is 2. The van der Waals surface area contributed by atoms with Crippen LogP contribution in [0.15, 0.2) is 59.7 Å². The van der Waals surface area contributed by atoms with Gasteiger partial charge in [-0.2, -0.15) is 5.10 Å².